The maximum atomic E-state index is 13.0. The summed E-state index contributed by atoms with van der Waals surface area (Å²) in [6.45, 7) is 4.13. The molecule has 0 aliphatic heterocycles. The second-order valence-corrected chi connectivity index (χ2v) is 6.67. The van der Waals surface area contributed by atoms with Crippen molar-refractivity contribution in [1.29, 1.82) is 5.41 Å². The third-order valence-corrected chi connectivity index (χ3v) is 4.24. The molecule has 0 aromatic carbocycles. The number of aromatic nitrogens is 4. The lowest BCUT2D eigenvalue weighted by atomic mass is 10.0. The molecule has 0 radical (unpaired) electrons. The minimum Gasteiger partial charge on any atom is -0.393 e. The van der Waals surface area contributed by atoms with E-state index in [1.165, 1.54) is 12.4 Å². The van der Waals surface area contributed by atoms with Gasteiger partial charge in [0.05, 0.1) is 17.2 Å². The van der Waals surface area contributed by atoms with Crippen molar-refractivity contribution in [2.75, 3.05) is 12.4 Å². The van der Waals surface area contributed by atoms with Crippen LogP contribution in [0.1, 0.15) is 30.9 Å². The van der Waals surface area contributed by atoms with Crippen molar-refractivity contribution in [2.45, 2.75) is 26.2 Å². The molecule has 29 heavy (non-hydrogen) atoms. The lowest BCUT2D eigenvalue weighted by Gasteiger charge is -2.11. The molecule has 0 aliphatic carbocycles. The zero-order valence-electron chi connectivity index (χ0n) is 16.2. The van der Waals surface area contributed by atoms with Crippen LogP contribution >= 0.6 is 0 Å². The number of halogens is 2. The summed E-state index contributed by atoms with van der Waals surface area (Å²) in [6, 6.07) is 7.05. The van der Waals surface area contributed by atoms with Gasteiger partial charge in [0, 0.05) is 30.6 Å². The highest BCUT2D eigenvalue weighted by Gasteiger charge is 2.18. The molecule has 3 aromatic rings. The number of allylic oxidation sites excluding steroid dienone is 1. The van der Waals surface area contributed by atoms with Gasteiger partial charge in [0.25, 0.3) is 6.43 Å². The van der Waals surface area contributed by atoms with Gasteiger partial charge in [-0.25, -0.2) is 13.8 Å². The molecule has 0 saturated carbocycles. The predicted molar refractivity (Wildman–Crippen MR) is 110 cm³/mol. The largest absolute Gasteiger partial charge is 0.393 e. The summed E-state index contributed by atoms with van der Waals surface area (Å²) in [5, 5.41) is 21.5. The van der Waals surface area contributed by atoms with Gasteiger partial charge >= 0.3 is 0 Å². The van der Waals surface area contributed by atoms with E-state index in [4.69, 9.17) is 5.41 Å². The van der Waals surface area contributed by atoms with Gasteiger partial charge < -0.3 is 10.6 Å². The summed E-state index contributed by atoms with van der Waals surface area (Å²) in [5.74, 6) is 1.39. The summed E-state index contributed by atoms with van der Waals surface area (Å²) in [5.41, 5.74) is 1.81. The molecule has 9 heteroatoms. The molecular weight excluding hydrogens is 376 g/mol. The third kappa shape index (κ3) is 4.68. The Morgan fingerprint density at radius 1 is 1.10 bits per heavy atom. The van der Waals surface area contributed by atoms with Crippen LogP contribution in [0.15, 0.2) is 42.9 Å². The fourth-order valence-electron chi connectivity index (χ4n) is 2.69. The fraction of sp³-hybridized carbons (Fsp3) is 0.250. The highest BCUT2D eigenvalue weighted by atomic mass is 19.3. The van der Waals surface area contributed by atoms with Crippen molar-refractivity contribution in [3.05, 3.63) is 54.0 Å². The molecule has 3 rings (SSSR count). The Morgan fingerprint density at radius 3 is 2.59 bits per heavy atom. The maximum absolute atomic E-state index is 13.0. The first-order chi connectivity index (χ1) is 13.9. The van der Waals surface area contributed by atoms with Crippen molar-refractivity contribution < 1.29 is 8.78 Å². The number of pyridine rings is 2. The summed E-state index contributed by atoms with van der Waals surface area (Å²) in [4.78, 5) is 8.79. The van der Waals surface area contributed by atoms with Gasteiger partial charge in [-0.3, -0.25) is 10.4 Å². The molecule has 3 heterocycles. The van der Waals surface area contributed by atoms with E-state index in [0.29, 0.717) is 34.2 Å². The number of rotatable bonds is 7. The van der Waals surface area contributed by atoms with Crippen molar-refractivity contribution in [3.63, 3.8) is 0 Å². The van der Waals surface area contributed by atoms with Gasteiger partial charge in [-0.1, -0.05) is 13.8 Å². The quantitative estimate of drug-likeness (QED) is 0.519. The minimum absolute atomic E-state index is 0.0626. The highest BCUT2D eigenvalue weighted by Crippen LogP contribution is 2.23. The third-order valence-electron chi connectivity index (χ3n) is 4.24. The first-order valence-corrected chi connectivity index (χ1v) is 9.00. The molecule has 0 bridgehead atoms. The van der Waals surface area contributed by atoms with Crippen LogP contribution in [0, 0.1) is 5.41 Å². The van der Waals surface area contributed by atoms with Crippen LogP contribution in [-0.2, 0) is 0 Å². The van der Waals surface area contributed by atoms with E-state index >= 15 is 0 Å². The molecule has 3 aromatic heterocycles. The molecule has 7 nitrogen and oxygen atoms in total. The first-order valence-electron chi connectivity index (χ1n) is 9.00. The van der Waals surface area contributed by atoms with Crippen molar-refractivity contribution in [1.82, 2.24) is 25.5 Å². The standard InChI is InChI=1S/C20H21F2N7/c1-11(2)12-7-18(29-26-9-12)28-17-5-4-15-16(27-17)6-13(8-25-15)14(10-24-3)19(23)20(21)22/h4-11,20,23-24H,1-3H3,(H,27,28,29)/b14-10-,23-19?. The van der Waals surface area contributed by atoms with E-state index in [0.717, 1.165) is 5.56 Å². The van der Waals surface area contributed by atoms with Gasteiger partial charge in [0.2, 0.25) is 0 Å². The van der Waals surface area contributed by atoms with Crippen LogP contribution in [0.4, 0.5) is 20.4 Å². The molecule has 0 atom stereocenters. The second kappa shape index (κ2) is 8.68. The number of anilines is 2. The summed E-state index contributed by atoms with van der Waals surface area (Å²) in [6.07, 6.45) is 1.63. The predicted octanol–water partition coefficient (Wildman–Crippen LogP) is 4.13. The monoisotopic (exact) mass is 397 g/mol. The number of nitrogens with one attached hydrogen (secondary N) is 3. The number of hydrogen-bond acceptors (Lipinski definition) is 7. The lowest BCUT2D eigenvalue weighted by molar-refractivity contribution is 0.226. The minimum atomic E-state index is -2.89. The van der Waals surface area contributed by atoms with E-state index in [-0.39, 0.29) is 5.57 Å². The molecular formula is C20H21F2N7. The Balaban J connectivity index is 1.96. The first kappa shape index (κ1) is 20.2. The fourth-order valence-corrected chi connectivity index (χ4v) is 2.69. The molecule has 0 saturated heterocycles. The van der Waals surface area contributed by atoms with Crippen LogP contribution < -0.4 is 10.6 Å². The van der Waals surface area contributed by atoms with Crippen LogP contribution in [0.25, 0.3) is 16.6 Å². The SMILES string of the molecule is CN/C=C(\C(=N)C(F)F)c1cnc2ccc(Nc3cc(C(C)C)cnn3)nc2c1. The Kier molecular flexibility index (Phi) is 6.06. The lowest BCUT2D eigenvalue weighted by Crippen LogP contribution is -2.13. The van der Waals surface area contributed by atoms with Gasteiger partial charge in [-0.2, -0.15) is 5.10 Å². The summed E-state index contributed by atoms with van der Waals surface area (Å²) < 4.78 is 26.1. The van der Waals surface area contributed by atoms with Crippen molar-refractivity contribution in [3.8, 4) is 0 Å². The van der Waals surface area contributed by atoms with E-state index < -0.39 is 12.1 Å². The Hall–Kier alpha value is -3.49. The average molecular weight is 397 g/mol. The Labute approximate surface area is 166 Å². The number of hydrogen-bond donors (Lipinski definition) is 3. The van der Waals surface area contributed by atoms with E-state index in [9.17, 15) is 8.78 Å². The molecule has 0 fully saturated rings. The number of alkyl halides is 2. The highest BCUT2D eigenvalue weighted by molar-refractivity contribution is 6.24. The zero-order chi connectivity index (χ0) is 21.0. The van der Waals surface area contributed by atoms with Gasteiger partial charge in [-0.05, 0) is 35.7 Å². The normalized spacial score (nSPS) is 11.9. The summed E-state index contributed by atoms with van der Waals surface area (Å²) >= 11 is 0. The Morgan fingerprint density at radius 2 is 1.90 bits per heavy atom. The maximum Gasteiger partial charge on any atom is 0.280 e. The second-order valence-electron chi connectivity index (χ2n) is 6.67. The van der Waals surface area contributed by atoms with Gasteiger partial charge in [0.1, 0.15) is 11.5 Å². The van der Waals surface area contributed by atoms with E-state index in [2.05, 4.69) is 44.6 Å². The molecule has 0 amide bonds. The number of nitrogens with zero attached hydrogens (tertiary/aromatic N) is 4. The Bertz CT molecular complexity index is 1060. The molecule has 0 aliphatic rings. The van der Waals surface area contributed by atoms with Gasteiger partial charge in [0.15, 0.2) is 5.82 Å². The smallest absolute Gasteiger partial charge is 0.280 e. The summed E-state index contributed by atoms with van der Waals surface area (Å²) in [7, 11) is 1.58. The molecule has 150 valence electrons. The van der Waals surface area contributed by atoms with Crippen LogP contribution in [0.5, 0.6) is 0 Å². The van der Waals surface area contributed by atoms with E-state index in [1.54, 1.807) is 31.4 Å². The molecule has 0 spiro atoms. The van der Waals surface area contributed by atoms with Gasteiger partial charge in [-0.15, -0.1) is 5.10 Å². The van der Waals surface area contributed by atoms with Crippen LogP contribution in [0.2, 0.25) is 0 Å². The van der Waals surface area contributed by atoms with E-state index in [1.807, 2.05) is 6.07 Å². The molecule has 0 unspecified atom stereocenters. The van der Waals surface area contributed by atoms with Crippen LogP contribution in [-0.4, -0.2) is 39.4 Å². The topological polar surface area (TPSA) is 99.5 Å². The zero-order valence-corrected chi connectivity index (χ0v) is 16.2. The van der Waals surface area contributed by atoms with Crippen LogP contribution in [0.3, 0.4) is 0 Å². The average Bonchev–Trinajstić information content (AvgIpc) is 2.71. The number of fused-ring (bicyclic) bond motifs is 1. The van der Waals surface area contributed by atoms with Crippen molar-refractivity contribution >= 4 is 34.0 Å². The van der Waals surface area contributed by atoms with Crippen molar-refractivity contribution in [2.24, 2.45) is 0 Å². The molecule has 3 N–H and O–H groups in total.